The Morgan fingerprint density at radius 1 is 1.35 bits per heavy atom. The number of rotatable bonds is 3. The monoisotopic (exact) mass is 312 g/mol. The molecule has 1 fully saturated rings. The van der Waals surface area contributed by atoms with Crippen molar-refractivity contribution >= 4 is 5.91 Å². The summed E-state index contributed by atoms with van der Waals surface area (Å²) in [5.41, 5.74) is 2.74. The van der Waals surface area contributed by atoms with Crippen LogP contribution in [-0.4, -0.2) is 45.5 Å². The van der Waals surface area contributed by atoms with Gasteiger partial charge in [0.2, 0.25) is 5.91 Å². The molecule has 1 amide bonds. The topological polar surface area (TPSA) is 68.2 Å². The molecule has 0 aliphatic carbocycles. The lowest BCUT2D eigenvalue weighted by Crippen LogP contribution is -2.43. The average molecular weight is 312 g/mol. The smallest absolute Gasteiger partial charge is 0.227 e. The standard InChI is InChI=1S/C17H20N4O2/c1-12-8-13(2)20-17(19-12)15-11-21(6-7-23-15)16(22)9-14-4-3-5-18-10-14/h3-5,8,10,15H,6-7,9,11H2,1-2H3. The third-order valence-electron chi connectivity index (χ3n) is 3.78. The van der Waals surface area contributed by atoms with E-state index in [0.717, 1.165) is 17.0 Å². The van der Waals surface area contributed by atoms with Gasteiger partial charge in [-0.2, -0.15) is 0 Å². The van der Waals surface area contributed by atoms with Gasteiger partial charge in [-0.3, -0.25) is 9.78 Å². The first kappa shape index (κ1) is 15.6. The van der Waals surface area contributed by atoms with Crippen LogP contribution in [0.4, 0.5) is 0 Å². The lowest BCUT2D eigenvalue weighted by Gasteiger charge is -2.32. The summed E-state index contributed by atoms with van der Waals surface area (Å²) in [6, 6.07) is 5.68. The van der Waals surface area contributed by atoms with Gasteiger partial charge in [0.05, 0.1) is 19.6 Å². The van der Waals surface area contributed by atoms with Gasteiger partial charge in [0.25, 0.3) is 0 Å². The van der Waals surface area contributed by atoms with Crippen molar-refractivity contribution in [2.45, 2.75) is 26.4 Å². The molecule has 1 saturated heterocycles. The molecule has 1 aliphatic heterocycles. The molecule has 0 spiro atoms. The van der Waals surface area contributed by atoms with Gasteiger partial charge in [0.15, 0.2) is 5.82 Å². The lowest BCUT2D eigenvalue weighted by molar-refractivity contribution is -0.138. The Morgan fingerprint density at radius 3 is 2.83 bits per heavy atom. The highest BCUT2D eigenvalue weighted by Crippen LogP contribution is 2.20. The lowest BCUT2D eigenvalue weighted by atomic mass is 10.1. The first-order valence-electron chi connectivity index (χ1n) is 7.72. The van der Waals surface area contributed by atoms with Crippen molar-refractivity contribution in [2.24, 2.45) is 0 Å². The molecule has 6 nitrogen and oxygen atoms in total. The fourth-order valence-corrected chi connectivity index (χ4v) is 2.72. The summed E-state index contributed by atoms with van der Waals surface area (Å²) in [7, 11) is 0. The highest BCUT2D eigenvalue weighted by molar-refractivity contribution is 5.78. The molecule has 23 heavy (non-hydrogen) atoms. The molecule has 2 aromatic rings. The summed E-state index contributed by atoms with van der Waals surface area (Å²) < 4.78 is 5.77. The molecule has 2 aromatic heterocycles. The predicted octanol–water partition coefficient (Wildman–Crippen LogP) is 1.63. The number of hydrogen-bond acceptors (Lipinski definition) is 5. The number of pyridine rings is 1. The molecule has 0 bridgehead atoms. The maximum absolute atomic E-state index is 12.5. The van der Waals surface area contributed by atoms with Crippen LogP contribution < -0.4 is 0 Å². The number of hydrogen-bond donors (Lipinski definition) is 0. The second-order valence-electron chi connectivity index (χ2n) is 5.75. The zero-order valence-corrected chi connectivity index (χ0v) is 13.4. The number of nitrogens with zero attached hydrogens (tertiary/aromatic N) is 4. The van der Waals surface area contributed by atoms with Crippen LogP contribution in [0.25, 0.3) is 0 Å². The molecule has 1 unspecified atom stereocenters. The van der Waals surface area contributed by atoms with Crippen molar-refractivity contribution in [3.8, 4) is 0 Å². The van der Waals surface area contributed by atoms with E-state index >= 15 is 0 Å². The molecular formula is C17H20N4O2. The van der Waals surface area contributed by atoms with E-state index in [9.17, 15) is 4.79 Å². The van der Waals surface area contributed by atoms with Crippen LogP contribution in [0.15, 0.2) is 30.6 Å². The van der Waals surface area contributed by atoms with Crippen molar-refractivity contribution in [2.75, 3.05) is 19.7 Å². The minimum atomic E-state index is -0.264. The molecule has 0 aromatic carbocycles. The Bertz CT molecular complexity index is 670. The van der Waals surface area contributed by atoms with E-state index in [1.165, 1.54) is 0 Å². The van der Waals surface area contributed by atoms with Gasteiger partial charge >= 0.3 is 0 Å². The molecular weight excluding hydrogens is 292 g/mol. The van der Waals surface area contributed by atoms with Gasteiger partial charge in [-0.05, 0) is 31.5 Å². The van der Waals surface area contributed by atoms with Crippen molar-refractivity contribution in [1.29, 1.82) is 0 Å². The Labute approximate surface area is 135 Å². The van der Waals surface area contributed by atoms with Gasteiger partial charge in [-0.1, -0.05) is 6.07 Å². The van der Waals surface area contributed by atoms with E-state index in [-0.39, 0.29) is 12.0 Å². The SMILES string of the molecule is Cc1cc(C)nc(C2CN(C(=O)Cc3cccnc3)CCO2)n1. The number of ether oxygens (including phenoxy) is 1. The highest BCUT2D eigenvalue weighted by Gasteiger charge is 2.27. The fraction of sp³-hybridized carbons (Fsp3) is 0.412. The van der Waals surface area contributed by atoms with Crippen LogP contribution in [0.1, 0.15) is 28.9 Å². The molecule has 1 atom stereocenters. The molecule has 1 aliphatic rings. The van der Waals surface area contributed by atoms with Crippen LogP contribution >= 0.6 is 0 Å². The molecule has 6 heteroatoms. The van der Waals surface area contributed by atoms with E-state index in [0.29, 0.717) is 31.9 Å². The Morgan fingerprint density at radius 2 is 2.13 bits per heavy atom. The van der Waals surface area contributed by atoms with Gasteiger partial charge in [0.1, 0.15) is 6.10 Å². The van der Waals surface area contributed by atoms with Gasteiger partial charge in [0, 0.05) is 30.3 Å². The fourth-order valence-electron chi connectivity index (χ4n) is 2.72. The third-order valence-corrected chi connectivity index (χ3v) is 3.78. The average Bonchev–Trinajstić information content (AvgIpc) is 2.55. The number of carbonyl (C=O) groups is 1. The molecule has 3 rings (SSSR count). The maximum Gasteiger partial charge on any atom is 0.227 e. The normalized spacial score (nSPS) is 18.0. The van der Waals surface area contributed by atoms with Crippen LogP contribution in [-0.2, 0) is 16.0 Å². The minimum Gasteiger partial charge on any atom is -0.367 e. The van der Waals surface area contributed by atoms with Crippen molar-refractivity contribution in [1.82, 2.24) is 19.9 Å². The van der Waals surface area contributed by atoms with Crippen molar-refractivity contribution in [3.05, 3.63) is 53.4 Å². The summed E-state index contributed by atoms with van der Waals surface area (Å²) in [4.78, 5) is 27.3. The van der Waals surface area contributed by atoms with Crippen molar-refractivity contribution in [3.63, 3.8) is 0 Å². The van der Waals surface area contributed by atoms with E-state index in [1.807, 2.05) is 36.9 Å². The third kappa shape index (κ3) is 3.90. The molecule has 120 valence electrons. The van der Waals surface area contributed by atoms with Crippen LogP contribution in [0.5, 0.6) is 0 Å². The number of morpholine rings is 1. The first-order valence-corrected chi connectivity index (χ1v) is 7.72. The Balaban J connectivity index is 1.69. The van der Waals surface area contributed by atoms with Gasteiger partial charge in [-0.25, -0.2) is 9.97 Å². The Hall–Kier alpha value is -2.34. The van der Waals surface area contributed by atoms with Gasteiger partial charge < -0.3 is 9.64 Å². The maximum atomic E-state index is 12.5. The largest absolute Gasteiger partial charge is 0.367 e. The second-order valence-corrected chi connectivity index (χ2v) is 5.75. The zero-order valence-electron chi connectivity index (χ0n) is 13.4. The second kappa shape index (κ2) is 6.83. The summed E-state index contributed by atoms with van der Waals surface area (Å²) in [6.45, 7) is 5.46. The molecule has 0 N–H and O–H groups in total. The number of amides is 1. The van der Waals surface area contributed by atoms with Crippen molar-refractivity contribution < 1.29 is 9.53 Å². The van der Waals surface area contributed by atoms with Crippen LogP contribution in [0.3, 0.4) is 0 Å². The van der Waals surface area contributed by atoms with Crippen LogP contribution in [0, 0.1) is 13.8 Å². The number of aromatic nitrogens is 3. The van der Waals surface area contributed by atoms with Crippen LogP contribution in [0.2, 0.25) is 0 Å². The number of aryl methyl sites for hydroxylation is 2. The summed E-state index contributed by atoms with van der Waals surface area (Å²) in [6.07, 6.45) is 3.52. The minimum absolute atomic E-state index is 0.0793. The van der Waals surface area contributed by atoms with E-state index in [4.69, 9.17) is 4.74 Å². The quantitative estimate of drug-likeness (QED) is 0.861. The zero-order chi connectivity index (χ0) is 16.2. The van der Waals surface area contributed by atoms with Gasteiger partial charge in [-0.15, -0.1) is 0 Å². The summed E-state index contributed by atoms with van der Waals surface area (Å²) >= 11 is 0. The predicted molar refractivity (Wildman–Crippen MR) is 84.7 cm³/mol. The van der Waals surface area contributed by atoms with E-state index in [1.54, 1.807) is 12.4 Å². The summed E-state index contributed by atoms with van der Waals surface area (Å²) in [5, 5.41) is 0. The summed E-state index contributed by atoms with van der Waals surface area (Å²) in [5.74, 6) is 0.733. The highest BCUT2D eigenvalue weighted by atomic mass is 16.5. The number of carbonyl (C=O) groups excluding carboxylic acids is 1. The molecule has 0 radical (unpaired) electrons. The Kier molecular flexibility index (Phi) is 4.62. The first-order chi connectivity index (χ1) is 11.1. The molecule has 3 heterocycles. The van der Waals surface area contributed by atoms with E-state index < -0.39 is 0 Å². The molecule has 0 saturated carbocycles. The van der Waals surface area contributed by atoms with E-state index in [2.05, 4.69) is 15.0 Å².